The minimum absolute atomic E-state index is 0.140. The maximum Gasteiger partial charge on any atom is 0.0892 e. The monoisotopic (exact) mass is 188 g/mol. The van der Waals surface area contributed by atoms with E-state index in [0.717, 1.165) is 12.8 Å². The standard InChI is InChI=1S/C10H17ClO/c1-8(6-7-11)4-5-9-10(2,3)12-9/h6,9H,4-5,7H2,1-3H3/b8-6+/t9-/m1/s1. The summed E-state index contributed by atoms with van der Waals surface area (Å²) < 4.78 is 5.47. The third-order valence-electron chi connectivity index (χ3n) is 2.39. The lowest BCUT2D eigenvalue weighted by molar-refractivity contribution is 0.320. The van der Waals surface area contributed by atoms with Crippen molar-refractivity contribution in [3.05, 3.63) is 11.6 Å². The van der Waals surface area contributed by atoms with Crippen LogP contribution in [0.4, 0.5) is 0 Å². The SMILES string of the molecule is C/C(=C\CCl)CC[C@H]1OC1(C)C. The van der Waals surface area contributed by atoms with Crippen LogP contribution in [0.5, 0.6) is 0 Å². The van der Waals surface area contributed by atoms with E-state index in [0.29, 0.717) is 12.0 Å². The Bertz CT molecular complexity index is 184. The third kappa shape index (κ3) is 2.80. The summed E-state index contributed by atoms with van der Waals surface area (Å²) in [5.41, 5.74) is 1.51. The second kappa shape index (κ2) is 3.80. The fraction of sp³-hybridized carbons (Fsp3) is 0.800. The zero-order chi connectivity index (χ0) is 9.19. The molecule has 70 valence electrons. The fourth-order valence-corrected chi connectivity index (χ4v) is 1.60. The number of hydrogen-bond acceptors (Lipinski definition) is 1. The fourth-order valence-electron chi connectivity index (χ4n) is 1.33. The summed E-state index contributed by atoms with van der Waals surface area (Å²) in [6.07, 6.45) is 4.78. The van der Waals surface area contributed by atoms with E-state index >= 15 is 0 Å². The highest BCUT2D eigenvalue weighted by Crippen LogP contribution is 2.38. The molecule has 0 aromatic carbocycles. The first-order valence-electron chi connectivity index (χ1n) is 4.45. The molecule has 0 spiro atoms. The molecule has 1 nitrogen and oxygen atoms in total. The van der Waals surface area contributed by atoms with E-state index < -0.39 is 0 Å². The molecule has 0 amide bonds. The normalized spacial score (nSPS) is 27.3. The lowest BCUT2D eigenvalue weighted by atomic mass is 10.0. The highest BCUT2D eigenvalue weighted by molar-refractivity contribution is 6.18. The van der Waals surface area contributed by atoms with Gasteiger partial charge in [-0.15, -0.1) is 11.6 Å². The van der Waals surface area contributed by atoms with Gasteiger partial charge in [-0.25, -0.2) is 0 Å². The van der Waals surface area contributed by atoms with E-state index in [1.54, 1.807) is 0 Å². The summed E-state index contributed by atoms with van der Waals surface area (Å²) >= 11 is 5.58. The zero-order valence-electron chi connectivity index (χ0n) is 8.06. The lowest BCUT2D eigenvalue weighted by Gasteiger charge is -1.98. The average Bonchev–Trinajstić information content (AvgIpc) is 2.56. The second-order valence-electron chi connectivity index (χ2n) is 3.95. The van der Waals surface area contributed by atoms with Gasteiger partial charge in [0.2, 0.25) is 0 Å². The highest BCUT2D eigenvalue weighted by Gasteiger charge is 2.46. The summed E-state index contributed by atoms with van der Waals surface area (Å²) in [7, 11) is 0. The van der Waals surface area contributed by atoms with Gasteiger partial charge in [0.1, 0.15) is 0 Å². The van der Waals surface area contributed by atoms with Crippen molar-refractivity contribution in [3.8, 4) is 0 Å². The van der Waals surface area contributed by atoms with Crippen LogP contribution in [-0.4, -0.2) is 17.6 Å². The predicted molar refractivity (Wildman–Crippen MR) is 52.7 cm³/mol. The van der Waals surface area contributed by atoms with E-state index in [4.69, 9.17) is 16.3 Å². The molecular formula is C10H17ClO. The van der Waals surface area contributed by atoms with Crippen LogP contribution in [0.15, 0.2) is 11.6 Å². The minimum atomic E-state index is 0.140. The number of epoxide rings is 1. The maximum atomic E-state index is 5.58. The van der Waals surface area contributed by atoms with Crippen LogP contribution in [0, 0.1) is 0 Å². The Morgan fingerprint density at radius 1 is 1.58 bits per heavy atom. The Labute approximate surface area is 79.7 Å². The molecule has 1 aliphatic heterocycles. The van der Waals surface area contributed by atoms with E-state index in [2.05, 4.69) is 26.8 Å². The summed E-state index contributed by atoms with van der Waals surface area (Å²) in [5, 5.41) is 0. The smallest absolute Gasteiger partial charge is 0.0892 e. The second-order valence-corrected chi connectivity index (χ2v) is 4.26. The molecule has 0 N–H and O–H groups in total. The molecule has 2 heteroatoms. The molecule has 0 radical (unpaired) electrons. The number of ether oxygens (including phenoxy) is 1. The van der Waals surface area contributed by atoms with E-state index in [1.165, 1.54) is 5.57 Å². The number of allylic oxidation sites excluding steroid dienone is 2. The highest BCUT2D eigenvalue weighted by atomic mass is 35.5. The van der Waals surface area contributed by atoms with Crippen LogP contribution in [0.2, 0.25) is 0 Å². The Kier molecular flexibility index (Phi) is 3.19. The van der Waals surface area contributed by atoms with Crippen molar-refractivity contribution in [1.82, 2.24) is 0 Å². The molecule has 0 bridgehead atoms. The number of alkyl halides is 1. The molecule has 0 aromatic rings. The van der Waals surface area contributed by atoms with Crippen LogP contribution in [-0.2, 0) is 4.74 Å². The summed E-state index contributed by atoms with van der Waals surface area (Å²) in [5.74, 6) is 0.626. The van der Waals surface area contributed by atoms with Gasteiger partial charge in [0, 0.05) is 5.88 Å². The van der Waals surface area contributed by atoms with Gasteiger partial charge >= 0.3 is 0 Å². The Morgan fingerprint density at radius 3 is 2.58 bits per heavy atom. The molecule has 1 atom stereocenters. The first-order valence-corrected chi connectivity index (χ1v) is 4.99. The maximum absolute atomic E-state index is 5.58. The van der Waals surface area contributed by atoms with Crippen molar-refractivity contribution in [2.24, 2.45) is 0 Å². The van der Waals surface area contributed by atoms with Gasteiger partial charge in [-0.1, -0.05) is 11.6 Å². The predicted octanol–water partition coefficient (Wildman–Crippen LogP) is 3.13. The van der Waals surface area contributed by atoms with Crippen molar-refractivity contribution < 1.29 is 4.74 Å². The molecule has 1 rings (SSSR count). The first kappa shape index (κ1) is 10.1. The van der Waals surface area contributed by atoms with Crippen LogP contribution in [0.25, 0.3) is 0 Å². The summed E-state index contributed by atoms with van der Waals surface area (Å²) in [6.45, 7) is 6.40. The first-order chi connectivity index (χ1) is 5.56. The van der Waals surface area contributed by atoms with Crippen LogP contribution >= 0.6 is 11.6 Å². The quantitative estimate of drug-likeness (QED) is 0.375. The zero-order valence-corrected chi connectivity index (χ0v) is 8.82. The van der Waals surface area contributed by atoms with Crippen LogP contribution in [0.1, 0.15) is 33.6 Å². The molecule has 0 aromatic heterocycles. The number of halogens is 1. The van der Waals surface area contributed by atoms with Crippen LogP contribution in [0.3, 0.4) is 0 Å². The number of rotatable bonds is 4. The molecule has 0 saturated carbocycles. The Hall–Kier alpha value is -0.0100. The largest absolute Gasteiger partial charge is 0.367 e. The van der Waals surface area contributed by atoms with Gasteiger partial charge < -0.3 is 4.74 Å². The average molecular weight is 189 g/mol. The van der Waals surface area contributed by atoms with Crippen molar-refractivity contribution in [2.75, 3.05) is 5.88 Å². The summed E-state index contributed by atoms with van der Waals surface area (Å²) in [6, 6.07) is 0. The molecule has 1 fully saturated rings. The number of hydrogen-bond donors (Lipinski definition) is 0. The van der Waals surface area contributed by atoms with Gasteiger partial charge in [0.05, 0.1) is 11.7 Å². The van der Waals surface area contributed by atoms with Gasteiger partial charge in [-0.05, 0) is 33.6 Å². The van der Waals surface area contributed by atoms with Crippen molar-refractivity contribution in [2.45, 2.75) is 45.3 Å². The molecule has 12 heavy (non-hydrogen) atoms. The topological polar surface area (TPSA) is 12.5 Å². The van der Waals surface area contributed by atoms with Crippen molar-refractivity contribution in [1.29, 1.82) is 0 Å². The van der Waals surface area contributed by atoms with Crippen molar-refractivity contribution in [3.63, 3.8) is 0 Å². The molecule has 0 aliphatic carbocycles. The Morgan fingerprint density at radius 2 is 2.17 bits per heavy atom. The van der Waals surface area contributed by atoms with Gasteiger partial charge in [0.15, 0.2) is 0 Å². The van der Waals surface area contributed by atoms with Gasteiger partial charge in [-0.2, -0.15) is 0 Å². The van der Waals surface area contributed by atoms with E-state index in [9.17, 15) is 0 Å². The molecule has 1 heterocycles. The summed E-state index contributed by atoms with van der Waals surface area (Å²) in [4.78, 5) is 0. The lowest BCUT2D eigenvalue weighted by Crippen LogP contribution is -2.02. The van der Waals surface area contributed by atoms with Crippen molar-refractivity contribution >= 4 is 11.6 Å². The Balaban J connectivity index is 2.15. The minimum Gasteiger partial charge on any atom is -0.367 e. The molecule has 1 aliphatic rings. The van der Waals surface area contributed by atoms with Gasteiger partial charge in [0.25, 0.3) is 0 Å². The molecular weight excluding hydrogens is 172 g/mol. The third-order valence-corrected chi connectivity index (χ3v) is 2.54. The van der Waals surface area contributed by atoms with Crippen LogP contribution < -0.4 is 0 Å². The van der Waals surface area contributed by atoms with E-state index in [-0.39, 0.29) is 5.60 Å². The van der Waals surface area contributed by atoms with E-state index in [1.807, 2.05) is 0 Å². The molecule has 1 saturated heterocycles. The molecule has 0 unspecified atom stereocenters. The van der Waals surface area contributed by atoms with Gasteiger partial charge in [-0.3, -0.25) is 0 Å².